The molecule has 0 aliphatic heterocycles. The number of anilines is 1. The molecule has 0 saturated heterocycles. The smallest absolute Gasteiger partial charge is 0.220 e. The van der Waals surface area contributed by atoms with E-state index in [2.05, 4.69) is 31.2 Å². The maximum Gasteiger partial charge on any atom is 0.220 e. The molecule has 1 saturated carbocycles. The van der Waals surface area contributed by atoms with E-state index in [4.69, 9.17) is 11.6 Å². The summed E-state index contributed by atoms with van der Waals surface area (Å²) in [6.45, 7) is 0. The number of aromatic nitrogens is 3. The molecular weight excluding hydrogens is 434 g/mol. The Kier molecular flexibility index (Phi) is 6.18. The Balaban J connectivity index is 1.12. The molecule has 7 heteroatoms. The minimum atomic E-state index is 0.107. The molecule has 2 N–H and O–H groups in total. The van der Waals surface area contributed by atoms with E-state index in [0.717, 1.165) is 59.1 Å². The van der Waals surface area contributed by atoms with Crippen LogP contribution < -0.4 is 10.6 Å². The topological polar surface area (TPSA) is 71.8 Å². The fraction of sp³-hybridized carbons (Fsp3) is 0.346. The third kappa shape index (κ3) is 4.81. The first-order chi connectivity index (χ1) is 16.1. The molecule has 0 spiro atoms. The number of benzene rings is 2. The number of amides is 1. The van der Waals surface area contributed by atoms with Crippen LogP contribution in [0.1, 0.15) is 37.9 Å². The standard InChI is InChI=1S/C26H28ClN5O/c1-32-24-5-3-2-4-22(24)31-25(32)12-13-26(33)30-19-9-7-18(8-10-19)29-21-14-15-28-23-16-17(27)6-11-20(21)23/h2-6,11,14-16,18-19H,7-10,12-13H2,1H3,(H,28,29)(H,30,33). The summed E-state index contributed by atoms with van der Waals surface area (Å²) in [4.78, 5) is 21.7. The highest BCUT2D eigenvalue weighted by Gasteiger charge is 2.23. The number of carbonyl (C=O) groups excluding carboxylic acids is 1. The van der Waals surface area contributed by atoms with Crippen LogP contribution in [0.15, 0.2) is 54.7 Å². The Morgan fingerprint density at radius 1 is 1.06 bits per heavy atom. The number of pyridine rings is 1. The van der Waals surface area contributed by atoms with Crippen molar-refractivity contribution < 1.29 is 4.79 Å². The predicted octanol–water partition coefficient (Wildman–Crippen LogP) is 5.25. The number of hydrogen-bond acceptors (Lipinski definition) is 4. The number of carbonyl (C=O) groups is 1. The fourth-order valence-electron chi connectivity index (χ4n) is 4.79. The number of halogens is 1. The van der Waals surface area contributed by atoms with E-state index in [1.54, 1.807) is 0 Å². The number of rotatable bonds is 6. The minimum Gasteiger partial charge on any atom is -0.382 e. The van der Waals surface area contributed by atoms with Crippen LogP contribution in [0.2, 0.25) is 5.02 Å². The molecule has 1 fully saturated rings. The molecule has 0 unspecified atom stereocenters. The van der Waals surface area contributed by atoms with Crippen molar-refractivity contribution in [3.05, 3.63) is 65.6 Å². The maximum absolute atomic E-state index is 12.6. The van der Waals surface area contributed by atoms with Crippen LogP contribution in [0.3, 0.4) is 0 Å². The summed E-state index contributed by atoms with van der Waals surface area (Å²) in [5.41, 5.74) is 4.07. The Morgan fingerprint density at radius 2 is 1.85 bits per heavy atom. The largest absolute Gasteiger partial charge is 0.382 e. The van der Waals surface area contributed by atoms with E-state index in [1.807, 2.05) is 55.7 Å². The fourth-order valence-corrected chi connectivity index (χ4v) is 4.96. The summed E-state index contributed by atoms with van der Waals surface area (Å²) in [5.74, 6) is 1.06. The summed E-state index contributed by atoms with van der Waals surface area (Å²) in [6, 6.07) is 16.5. The molecule has 2 aromatic carbocycles. The normalized spacial score (nSPS) is 18.5. The summed E-state index contributed by atoms with van der Waals surface area (Å²) in [6.07, 6.45) is 6.92. The maximum atomic E-state index is 12.6. The summed E-state index contributed by atoms with van der Waals surface area (Å²) >= 11 is 6.10. The van der Waals surface area contributed by atoms with Gasteiger partial charge in [0.15, 0.2) is 0 Å². The molecule has 2 aromatic heterocycles. The van der Waals surface area contributed by atoms with Gasteiger partial charge in [0, 0.05) is 54.3 Å². The van der Waals surface area contributed by atoms with Gasteiger partial charge in [-0.1, -0.05) is 23.7 Å². The molecule has 33 heavy (non-hydrogen) atoms. The van der Waals surface area contributed by atoms with Crippen LogP contribution in [0.5, 0.6) is 0 Å². The van der Waals surface area contributed by atoms with Crippen molar-refractivity contribution in [2.45, 2.75) is 50.6 Å². The van der Waals surface area contributed by atoms with Gasteiger partial charge in [0.05, 0.1) is 16.6 Å². The lowest BCUT2D eigenvalue weighted by Crippen LogP contribution is -2.40. The number of imidazole rings is 1. The second-order valence-corrected chi connectivity index (χ2v) is 9.29. The number of aryl methyl sites for hydroxylation is 2. The van der Waals surface area contributed by atoms with Crippen molar-refractivity contribution in [1.82, 2.24) is 19.9 Å². The highest BCUT2D eigenvalue weighted by Crippen LogP contribution is 2.28. The van der Waals surface area contributed by atoms with Gasteiger partial charge in [0.1, 0.15) is 5.82 Å². The Hall–Kier alpha value is -3.12. The zero-order valence-corrected chi connectivity index (χ0v) is 19.5. The van der Waals surface area contributed by atoms with Crippen molar-refractivity contribution in [2.75, 3.05) is 5.32 Å². The van der Waals surface area contributed by atoms with Gasteiger partial charge in [0.25, 0.3) is 0 Å². The Morgan fingerprint density at radius 3 is 2.67 bits per heavy atom. The van der Waals surface area contributed by atoms with Gasteiger partial charge in [-0.05, 0) is 62.1 Å². The molecule has 1 aliphatic rings. The van der Waals surface area contributed by atoms with Crippen molar-refractivity contribution in [2.24, 2.45) is 7.05 Å². The molecule has 2 heterocycles. The van der Waals surface area contributed by atoms with Gasteiger partial charge < -0.3 is 15.2 Å². The zero-order valence-electron chi connectivity index (χ0n) is 18.7. The van der Waals surface area contributed by atoms with Crippen LogP contribution in [-0.2, 0) is 18.3 Å². The first-order valence-corrected chi connectivity index (χ1v) is 11.9. The monoisotopic (exact) mass is 461 g/mol. The molecule has 0 atom stereocenters. The lowest BCUT2D eigenvalue weighted by molar-refractivity contribution is -0.122. The van der Waals surface area contributed by atoms with E-state index >= 15 is 0 Å². The first-order valence-electron chi connectivity index (χ1n) is 11.6. The average molecular weight is 462 g/mol. The van der Waals surface area contributed by atoms with Gasteiger partial charge in [-0.3, -0.25) is 9.78 Å². The summed E-state index contributed by atoms with van der Waals surface area (Å²) in [7, 11) is 2.01. The van der Waals surface area contributed by atoms with Crippen LogP contribution in [0, 0.1) is 0 Å². The molecule has 5 rings (SSSR count). The molecule has 6 nitrogen and oxygen atoms in total. The minimum absolute atomic E-state index is 0.107. The van der Waals surface area contributed by atoms with Crippen LogP contribution in [0.25, 0.3) is 21.9 Å². The predicted molar refractivity (Wildman–Crippen MR) is 134 cm³/mol. The molecular formula is C26H28ClN5O. The van der Waals surface area contributed by atoms with Crippen LogP contribution in [0.4, 0.5) is 5.69 Å². The first kappa shape index (κ1) is 21.7. The molecule has 170 valence electrons. The summed E-state index contributed by atoms with van der Waals surface area (Å²) < 4.78 is 2.08. The van der Waals surface area contributed by atoms with Crippen molar-refractivity contribution in [3.63, 3.8) is 0 Å². The third-order valence-corrected chi connectivity index (χ3v) is 6.85. The number of fused-ring (bicyclic) bond motifs is 2. The van der Waals surface area contributed by atoms with Crippen molar-refractivity contribution in [3.8, 4) is 0 Å². The van der Waals surface area contributed by atoms with E-state index in [-0.39, 0.29) is 11.9 Å². The molecule has 0 bridgehead atoms. The molecule has 4 aromatic rings. The zero-order chi connectivity index (χ0) is 22.8. The lowest BCUT2D eigenvalue weighted by Gasteiger charge is -2.30. The lowest BCUT2D eigenvalue weighted by atomic mass is 9.90. The van der Waals surface area contributed by atoms with E-state index in [9.17, 15) is 4.79 Å². The Bertz CT molecular complexity index is 1290. The van der Waals surface area contributed by atoms with Gasteiger partial charge in [-0.25, -0.2) is 4.98 Å². The quantitative estimate of drug-likeness (QED) is 0.411. The third-order valence-electron chi connectivity index (χ3n) is 6.61. The van der Waals surface area contributed by atoms with E-state index in [1.165, 1.54) is 0 Å². The van der Waals surface area contributed by atoms with Gasteiger partial charge >= 0.3 is 0 Å². The second-order valence-electron chi connectivity index (χ2n) is 8.86. The molecule has 1 amide bonds. The molecule has 1 aliphatic carbocycles. The molecule has 0 radical (unpaired) electrons. The number of nitrogens with one attached hydrogen (secondary N) is 2. The SMILES string of the molecule is Cn1c(CCC(=O)NC2CCC(Nc3ccnc4cc(Cl)ccc34)CC2)nc2ccccc21. The van der Waals surface area contributed by atoms with Crippen LogP contribution >= 0.6 is 11.6 Å². The highest BCUT2D eigenvalue weighted by atomic mass is 35.5. The average Bonchev–Trinajstić information content (AvgIpc) is 3.14. The highest BCUT2D eigenvalue weighted by molar-refractivity contribution is 6.31. The number of para-hydroxylation sites is 2. The van der Waals surface area contributed by atoms with E-state index < -0.39 is 0 Å². The summed E-state index contributed by atoms with van der Waals surface area (Å²) in [5, 5.41) is 8.69. The Labute approximate surface area is 198 Å². The van der Waals surface area contributed by atoms with Crippen molar-refractivity contribution in [1.29, 1.82) is 0 Å². The van der Waals surface area contributed by atoms with Crippen molar-refractivity contribution >= 4 is 45.1 Å². The second kappa shape index (κ2) is 9.40. The van der Waals surface area contributed by atoms with Gasteiger partial charge in [-0.15, -0.1) is 0 Å². The van der Waals surface area contributed by atoms with Gasteiger partial charge in [0.2, 0.25) is 5.91 Å². The van der Waals surface area contributed by atoms with Gasteiger partial charge in [-0.2, -0.15) is 0 Å². The number of hydrogen-bond donors (Lipinski definition) is 2. The van der Waals surface area contributed by atoms with E-state index in [0.29, 0.717) is 23.9 Å². The van der Waals surface area contributed by atoms with Crippen LogP contribution in [-0.4, -0.2) is 32.5 Å². The number of nitrogens with zero attached hydrogens (tertiary/aromatic N) is 3.